The summed E-state index contributed by atoms with van der Waals surface area (Å²) in [5.41, 5.74) is 1.69. The maximum absolute atomic E-state index is 12.2. The van der Waals surface area contributed by atoms with Gasteiger partial charge in [0.15, 0.2) is 0 Å². The standard InChI is InChI=1S/C15H17Cl2N3O2/c1-9-6-14(22-19-9)18-15(21)10(2)20(3)8-11-4-5-12(16)13(17)7-11/h4-7,10H,8H2,1-3H3,(H,18,21). The fourth-order valence-electron chi connectivity index (χ4n) is 1.91. The average molecular weight is 342 g/mol. The first kappa shape index (κ1) is 16.8. The van der Waals surface area contributed by atoms with Crippen molar-refractivity contribution in [2.24, 2.45) is 0 Å². The fourth-order valence-corrected chi connectivity index (χ4v) is 2.23. The number of hydrogen-bond donors (Lipinski definition) is 1. The number of amides is 1. The number of benzene rings is 1. The maximum atomic E-state index is 12.2. The van der Waals surface area contributed by atoms with Crippen LogP contribution in [-0.2, 0) is 11.3 Å². The number of carbonyl (C=O) groups is 1. The van der Waals surface area contributed by atoms with Crippen molar-refractivity contribution in [3.63, 3.8) is 0 Å². The second-order valence-corrected chi connectivity index (χ2v) is 5.98. The van der Waals surface area contributed by atoms with Crippen molar-refractivity contribution < 1.29 is 9.32 Å². The largest absolute Gasteiger partial charge is 0.338 e. The topological polar surface area (TPSA) is 58.4 Å². The van der Waals surface area contributed by atoms with Crippen molar-refractivity contribution >= 4 is 35.0 Å². The minimum absolute atomic E-state index is 0.168. The number of aryl methyl sites for hydroxylation is 1. The van der Waals surface area contributed by atoms with Crippen LogP contribution in [0.4, 0.5) is 5.88 Å². The Hall–Kier alpha value is -1.56. The molecule has 0 fully saturated rings. The lowest BCUT2D eigenvalue weighted by Gasteiger charge is -2.23. The van der Waals surface area contributed by atoms with E-state index < -0.39 is 0 Å². The number of nitrogens with zero attached hydrogens (tertiary/aromatic N) is 2. The van der Waals surface area contributed by atoms with Gasteiger partial charge in [0.2, 0.25) is 11.8 Å². The highest BCUT2D eigenvalue weighted by Crippen LogP contribution is 2.23. The lowest BCUT2D eigenvalue weighted by molar-refractivity contribution is -0.120. The second kappa shape index (κ2) is 7.13. The first-order chi connectivity index (χ1) is 10.4. The number of rotatable bonds is 5. The Morgan fingerprint density at radius 3 is 2.68 bits per heavy atom. The molecular formula is C15H17Cl2N3O2. The normalized spacial score (nSPS) is 12.5. The molecule has 1 N–H and O–H groups in total. The van der Waals surface area contributed by atoms with E-state index in [-0.39, 0.29) is 11.9 Å². The van der Waals surface area contributed by atoms with Crippen molar-refractivity contribution in [2.45, 2.75) is 26.4 Å². The third-order valence-corrected chi connectivity index (χ3v) is 4.07. The van der Waals surface area contributed by atoms with Gasteiger partial charge in [-0.1, -0.05) is 34.4 Å². The van der Waals surface area contributed by atoms with Crippen molar-refractivity contribution in [3.05, 3.63) is 45.6 Å². The summed E-state index contributed by atoms with van der Waals surface area (Å²) in [6.07, 6.45) is 0. The van der Waals surface area contributed by atoms with E-state index in [1.165, 1.54) is 0 Å². The summed E-state index contributed by atoms with van der Waals surface area (Å²) in [4.78, 5) is 14.1. The van der Waals surface area contributed by atoms with Gasteiger partial charge in [-0.25, -0.2) is 0 Å². The van der Waals surface area contributed by atoms with E-state index in [0.29, 0.717) is 28.2 Å². The second-order valence-electron chi connectivity index (χ2n) is 5.16. The van der Waals surface area contributed by atoms with E-state index >= 15 is 0 Å². The number of nitrogens with one attached hydrogen (secondary N) is 1. The van der Waals surface area contributed by atoms with Gasteiger partial charge in [-0.3, -0.25) is 15.0 Å². The quantitative estimate of drug-likeness (QED) is 0.899. The molecule has 1 aromatic heterocycles. The Morgan fingerprint density at radius 1 is 1.36 bits per heavy atom. The molecule has 1 unspecified atom stereocenters. The molecular weight excluding hydrogens is 325 g/mol. The zero-order valence-electron chi connectivity index (χ0n) is 12.6. The Kier molecular flexibility index (Phi) is 5.45. The molecule has 0 aliphatic heterocycles. The zero-order valence-corrected chi connectivity index (χ0v) is 14.1. The Morgan fingerprint density at radius 2 is 2.09 bits per heavy atom. The van der Waals surface area contributed by atoms with E-state index in [9.17, 15) is 4.79 Å². The molecule has 1 heterocycles. The lowest BCUT2D eigenvalue weighted by atomic mass is 10.2. The highest BCUT2D eigenvalue weighted by atomic mass is 35.5. The first-order valence-electron chi connectivity index (χ1n) is 6.75. The van der Waals surface area contributed by atoms with E-state index in [4.69, 9.17) is 27.7 Å². The van der Waals surface area contributed by atoms with Crippen molar-refractivity contribution in [3.8, 4) is 0 Å². The Balaban J connectivity index is 1.97. The highest BCUT2D eigenvalue weighted by Gasteiger charge is 2.19. The molecule has 1 aromatic carbocycles. The van der Waals surface area contributed by atoms with Gasteiger partial charge in [-0.05, 0) is 38.6 Å². The molecule has 1 amide bonds. The molecule has 118 valence electrons. The summed E-state index contributed by atoms with van der Waals surface area (Å²) in [5, 5.41) is 7.44. The third-order valence-electron chi connectivity index (χ3n) is 3.33. The SMILES string of the molecule is Cc1cc(NC(=O)C(C)N(C)Cc2ccc(Cl)c(Cl)c2)on1. The molecule has 22 heavy (non-hydrogen) atoms. The van der Waals surface area contributed by atoms with Crippen LogP contribution < -0.4 is 5.32 Å². The molecule has 0 saturated heterocycles. The van der Waals surface area contributed by atoms with Gasteiger partial charge in [0.1, 0.15) is 0 Å². The van der Waals surface area contributed by atoms with Crippen LogP contribution in [0.5, 0.6) is 0 Å². The van der Waals surface area contributed by atoms with Crippen LogP contribution in [0.15, 0.2) is 28.8 Å². The fraction of sp³-hybridized carbons (Fsp3) is 0.333. The smallest absolute Gasteiger partial charge is 0.243 e. The van der Waals surface area contributed by atoms with Crippen molar-refractivity contribution in [2.75, 3.05) is 12.4 Å². The number of aromatic nitrogens is 1. The minimum Gasteiger partial charge on any atom is -0.338 e. The molecule has 0 spiro atoms. The van der Waals surface area contributed by atoms with Gasteiger partial charge in [0, 0.05) is 12.6 Å². The van der Waals surface area contributed by atoms with Crippen LogP contribution in [0.1, 0.15) is 18.2 Å². The van der Waals surface area contributed by atoms with Gasteiger partial charge >= 0.3 is 0 Å². The van der Waals surface area contributed by atoms with Crippen LogP contribution in [0.3, 0.4) is 0 Å². The Labute approximate surface area is 139 Å². The van der Waals surface area contributed by atoms with E-state index in [0.717, 1.165) is 5.56 Å². The van der Waals surface area contributed by atoms with Crippen molar-refractivity contribution in [1.29, 1.82) is 0 Å². The average Bonchev–Trinajstić information content (AvgIpc) is 2.87. The van der Waals surface area contributed by atoms with Gasteiger partial charge in [-0.2, -0.15) is 0 Å². The van der Waals surface area contributed by atoms with Crippen LogP contribution in [0.25, 0.3) is 0 Å². The summed E-state index contributed by atoms with van der Waals surface area (Å²) >= 11 is 11.9. The van der Waals surface area contributed by atoms with Crippen LogP contribution >= 0.6 is 23.2 Å². The number of halogens is 2. The molecule has 0 bridgehead atoms. The lowest BCUT2D eigenvalue weighted by Crippen LogP contribution is -2.39. The summed E-state index contributed by atoms with van der Waals surface area (Å²) in [6, 6.07) is 6.75. The van der Waals surface area contributed by atoms with E-state index in [1.807, 2.05) is 24.9 Å². The number of likely N-dealkylation sites (N-methyl/N-ethyl adjacent to an activating group) is 1. The molecule has 0 saturated carbocycles. The predicted octanol–water partition coefficient (Wildman–Crippen LogP) is 3.75. The predicted molar refractivity (Wildman–Crippen MR) is 87.3 cm³/mol. The van der Waals surface area contributed by atoms with Gasteiger partial charge in [0.05, 0.1) is 21.8 Å². The molecule has 2 rings (SSSR count). The third kappa shape index (κ3) is 4.22. The van der Waals surface area contributed by atoms with Crippen molar-refractivity contribution in [1.82, 2.24) is 10.1 Å². The maximum Gasteiger partial charge on any atom is 0.243 e. The first-order valence-corrected chi connectivity index (χ1v) is 7.50. The number of anilines is 1. The summed E-state index contributed by atoms with van der Waals surface area (Å²) in [7, 11) is 1.86. The number of hydrogen-bond acceptors (Lipinski definition) is 4. The molecule has 0 aliphatic rings. The van der Waals surface area contributed by atoms with E-state index in [1.54, 1.807) is 25.1 Å². The summed E-state index contributed by atoms with van der Waals surface area (Å²) in [6.45, 7) is 4.18. The molecule has 5 nitrogen and oxygen atoms in total. The number of carbonyl (C=O) groups excluding carboxylic acids is 1. The summed E-state index contributed by atoms with van der Waals surface area (Å²) < 4.78 is 4.98. The van der Waals surface area contributed by atoms with Gasteiger partial charge in [-0.15, -0.1) is 0 Å². The van der Waals surface area contributed by atoms with E-state index in [2.05, 4.69) is 10.5 Å². The molecule has 7 heteroatoms. The van der Waals surface area contributed by atoms with Crippen LogP contribution in [-0.4, -0.2) is 29.1 Å². The minimum atomic E-state index is -0.347. The molecule has 0 aliphatic carbocycles. The van der Waals surface area contributed by atoms with Crippen LogP contribution in [0, 0.1) is 6.92 Å². The molecule has 1 atom stereocenters. The van der Waals surface area contributed by atoms with Crippen LogP contribution in [0.2, 0.25) is 10.0 Å². The van der Waals surface area contributed by atoms with Gasteiger partial charge in [0.25, 0.3) is 0 Å². The molecule has 2 aromatic rings. The monoisotopic (exact) mass is 341 g/mol. The zero-order chi connectivity index (χ0) is 16.3. The molecule has 0 radical (unpaired) electrons. The Bertz CT molecular complexity index is 673. The highest BCUT2D eigenvalue weighted by molar-refractivity contribution is 6.42. The summed E-state index contributed by atoms with van der Waals surface area (Å²) in [5.74, 6) is 0.177. The van der Waals surface area contributed by atoms with Gasteiger partial charge < -0.3 is 4.52 Å².